The first-order chi connectivity index (χ1) is 15.0. The zero-order chi connectivity index (χ0) is 21.8. The molecule has 0 saturated heterocycles. The highest BCUT2D eigenvalue weighted by molar-refractivity contribution is 6.15. The van der Waals surface area contributed by atoms with Crippen LogP contribution >= 0.6 is 0 Å². The van der Waals surface area contributed by atoms with Crippen LogP contribution in [0.3, 0.4) is 0 Å². The molecule has 0 unspecified atom stereocenters. The van der Waals surface area contributed by atoms with E-state index in [-0.39, 0.29) is 18.0 Å². The van der Waals surface area contributed by atoms with Crippen molar-refractivity contribution < 1.29 is 24.2 Å². The van der Waals surface area contributed by atoms with Crippen LogP contribution in [0, 0.1) is 0 Å². The summed E-state index contributed by atoms with van der Waals surface area (Å²) in [6.45, 7) is 0.170. The molecule has 0 atom stereocenters. The maximum Gasteiger partial charge on any atom is 0.411 e. The summed E-state index contributed by atoms with van der Waals surface area (Å²) >= 11 is 0. The van der Waals surface area contributed by atoms with E-state index in [0.717, 1.165) is 16.7 Å². The summed E-state index contributed by atoms with van der Waals surface area (Å²) < 4.78 is 5.23. The summed E-state index contributed by atoms with van der Waals surface area (Å²) in [5.74, 6) is -1.07. The molecule has 2 N–H and O–H groups in total. The van der Waals surface area contributed by atoms with E-state index in [1.165, 1.54) is 12.1 Å². The Balaban J connectivity index is 1.43. The van der Waals surface area contributed by atoms with Crippen LogP contribution in [0.15, 0.2) is 78.4 Å². The number of nitrogens with one attached hydrogen (secondary N) is 1. The number of carbonyl (C=O) groups excluding carboxylic acids is 2. The monoisotopic (exact) mass is 413 g/mol. The molecule has 1 amide bonds. The van der Waals surface area contributed by atoms with E-state index in [0.29, 0.717) is 23.2 Å². The molecule has 0 heterocycles. The van der Waals surface area contributed by atoms with Gasteiger partial charge in [-0.05, 0) is 53.1 Å². The number of hydrogen-bond donors (Lipinski definition) is 2. The maximum absolute atomic E-state index is 12.7. The number of carboxylic acid groups (broad SMARTS) is 1. The van der Waals surface area contributed by atoms with Crippen LogP contribution in [-0.4, -0.2) is 23.0 Å². The van der Waals surface area contributed by atoms with Gasteiger partial charge < -0.3 is 9.84 Å². The van der Waals surface area contributed by atoms with Crippen LogP contribution in [0.1, 0.15) is 37.4 Å². The van der Waals surface area contributed by atoms with Crippen molar-refractivity contribution in [3.63, 3.8) is 0 Å². The number of ketones is 1. The van der Waals surface area contributed by atoms with E-state index in [4.69, 9.17) is 9.84 Å². The third-order valence-electron chi connectivity index (χ3n) is 4.98. The standard InChI is InChI=1S/C25H19NO5/c27-23-20(12-16-6-8-18(9-7-16)24(28)29)13-19-14-21(10-11-22(19)23)26-25(30)31-15-17-4-2-1-3-5-17/h1-12,14H,13,15H2,(H,26,30)(H,28,29)/b20-12+. The lowest BCUT2D eigenvalue weighted by Gasteiger charge is -2.08. The molecule has 3 aromatic rings. The predicted octanol–water partition coefficient (Wildman–Crippen LogP) is 4.96. The average molecular weight is 413 g/mol. The minimum Gasteiger partial charge on any atom is -0.478 e. The second-order valence-corrected chi connectivity index (χ2v) is 7.16. The van der Waals surface area contributed by atoms with Crippen LogP contribution < -0.4 is 5.32 Å². The molecule has 1 aliphatic carbocycles. The smallest absolute Gasteiger partial charge is 0.411 e. The fourth-order valence-electron chi connectivity index (χ4n) is 3.41. The van der Waals surface area contributed by atoms with Gasteiger partial charge in [0.2, 0.25) is 0 Å². The van der Waals surface area contributed by atoms with Gasteiger partial charge in [-0.2, -0.15) is 0 Å². The van der Waals surface area contributed by atoms with Crippen molar-refractivity contribution in [2.24, 2.45) is 0 Å². The molecule has 0 spiro atoms. The van der Waals surface area contributed by atoms with Gasteiger partial charge in [0.15, 0.2) is 5.78 Å². The Kier molecular flexibility index (Phi) is 5.62. The van der Waals surface area contributed by atoms with Crippen molar-refractivity contribution in [2.75, 3.05) is 5.32 Å². The van der Waals surface area contributed by atoms with Crippen LogP contribution in [0.5, 0.6) is 0 Å². The molecule has 154 valence electrons. The van der Waals surface area contributed by atoms with Crippen molar-refractivity contribution in [3.8, 4) is 0 Å². The highest BCUT2D eigenvalue weighted by Crippen LogP contribution is 2.30. The largest absolute Gasteiger partial charge is 0.478 e. The number of fused-ring (bicyclic) bond motifs is 1. The van der Waals surface area contributed by atoms with Gasteiger partial charge in [-0.15, -0.1) is 0 Å². The number of amides is 1. The summed E-state index contributed by atoms with van der Waals surface area (Å²) in [6.07, 6.45) is 1.63. The molecule has 6 heteroatoms. The van der Waals surface area contributed by atoms with E-state index >= 15 is 0 Å². The van der Waals surface area contributed by atoms with Crippen molar-refractivity contribution >= 4 is 29.6 Å². The third kappa shape index (κ3) is 4.70. The molecular weight excluding hydrogens is 394 g/mol. The number of benzene rings is 3. The Morgan fingerprint density at radius 2 is 1.74 bits per heavy atom. The first-order valence-electron chi connectivity index (χ1n) is 9.69. The van der Waals surface area contributed by atoms with Crippen molar-refractivity contribution in [1.82, 2.24) is 0 Å². The quantitative estimate of drug-likeness (QED) is 0.577. The summed E-state index contributed by atoms with van der Waals surface area (Å²) in [7, 11) is 0. The normalized spacial score (nSPS) is 13.7. The lowest BCUT2D eigenvalue weighted by Crippen LogP contribution is -2.13. The molecule has 31 heavy (non-hydrogen) atoms. The van der Waals surface area contributed by atoms with Gasteiger partial charge in [-0.1, -0.05) is 42.5 Å². The molecule has 1 aliphatic rings. The minimum atomic E-state index is -0.995. The van der Waals surface area contributed by atoms with Crippen molar-refractivity contribution in [3.05, 3.63) is 106 Å². The van der Waals surface area contributed by atoms with Crippen LogP contribution in [-0.2, 0) is 17.8 Å². The number of carbonyl (C=O) groups is 3. The molecule has 0 aliphatic heterocycles. The average Bonchev–Trinajstić information content (AvgIpc) is 3.08. The molecule has 4 rings (SSSR count). The zero-order valence-corrected chi connectivity index (χ0v) is 16.5. The van der Waals surface area contributed by atoms with E-state index in [2.05, 4.69) is 5.32 Å². The number of hydrogen-bond acceptors (Lipinski definition) is 4. The predicted molar refractivity (Wildman–Crippen MR) is 116 cm³/mol. The Morgan fingerprint density at radius 1 is 1.00 bits per heavy atom. The molecule has 0 bridgehead atoms. The Bertz CT molecular complexity index is 1180. The SMILES string of the molecule is O=C(Nc1ccc2c(c1)C/C(=C\c1ccc(C(=O)O)cc1)C2=O)OCc1ccccc1. The highest BCUT2D eigenvalue weighted by atomic mass is 16.5. The highest BCUT2D eigenvalue weighted by Gasteiger charge is 2.25. The summed E-state index contributed by atoms with van der Waals surface area (Å²) in [6, 6.07) is 20.9. The molecule has 0 saturated carbocycles. The number of ether oxygens (including phenoxy) is 1. The topological polar surface area (TPSA) is 92.7 Å². The minimum absolute atomic E-state index is 0.0736. The molecule has 0 aromatic heterocycles. The maximum atomic E-state index is 12.7. The van der Waals surface area contributed by atoms with Crippen molar-refractivity contribution in [2.45, 2.75) is 13.0 Å². The van der Waals surface area contributed by atoms with Crippen LogP contribution in [0.25, 0.3) is 6.08 Å². The van der Waals surface area contributed by atoms with Gasteiger partial charge in [0.05, 0.1) is 5.56 Å². The number of aromatic carboxylic acids is 1. The number of carboxylic acids is 1. The number of Topliss-reactive ketones (excluding diaryl/α,β-unsaturated/α-hetero) is 1. The van der Waals surface area contributed by atoms with Gasteiger partial charge in [-0.3, -0.25) is 10.1 Å². The van der Waals surface area contributed by atoms with Gasteiger partial charge in [0.25, 0.3) is 0 Å². The van der Waals surface area contributed by atoms with E-state index < -0.39 is 12.1 Å². The molecule has 0 radical (unpaired) electrons. The van der Waals surface area contributed by atoms with Crippen molar-refractivity contribution in [1.29, 1.82) is 0 Å². The Morgan fingerprint density at radius 3 is 2.45 bits per heavy atom. The van der Waals surface area contributed by atoms with E-state index in [9.17, 15) is 14.4 Å². The first-order valence-corrected chi connectivity index (χ1v) is 9.69. The summed E-state index contributed by atoms with van der Waals surface area (Å²) in [5, 5.41) is 11.7. The molecular formula is C25H19NO5. The summed E-state index contributed by atoms with van der Waals surface area (Å²) in [4.78, 5) is 35.7. The lowest BCUT2D eigenvalue weighted by molar-refractivity contribution is 0.0696. The van der Waals surface area contributed by atoms with Gasteiger partial charge in [0.1, 0.15) is 6.61 Å². The molecule has 3 aromatic carbocycles. The molecule has 6 nitrogen and oxygen atoms in total. The van der Waals surface area contributed by atoms with E-state index in [1.807, 2.05) is 30.3 Å². The second-order valence-electron chi connectivity index (χ2n) is 7.16. The van der Waals surface area contributed by atoms with E-state index in [1.54, 1.807) is 36.4 Å². The Hall–Kier alpha value is -4.19. The van der Waals surface area contributed by atoms with Gasteiger partial charge in [-0.25, -0.2) is 9.59 Å². The Labute approximate surface area is 178 Å². The third-order valence-corrected chi connectivity index (χ3v) is 4.98. The number of anilines is 1. The fourth-order valence-corrected chi connectivity index (χ4v) is 3.41. The molecule has 0 fully saturated rings. The van der Waals surface area contributed by atoms with Gasteiger partial charge >= 0.3 is 12.1 Å². The van der Waals surface area contributed by atoms with Crippen LogP contribution in [0.2, 0.25) is 0 Å². The second kappa shape index (κ2) is 8.67. The lowest BCUT2D eigenvalue weighted by atomic mass is 10.1. The number of rotatable bonds is 5. The fraction of sp³-hybridized carbons (Fsp3) is 0.0800. The zero-order valence-electron chi connectivity index (χ0n) is 16.5. The number of allylic oxidation sites excluding steroid dienone is 1. The van der Waals surface area contributed by atoms with Crippen LogP contribution in [0.4, 0.5) is 10.5 Å². The van der Waals surface area contributed by atoms with Gasteiger partial charge in [0, 0.05) is 23.2 Å². The first kappa shape index (κ1) is 20.1. The summed E-state index contributed by atoms with van der Waals surface area (Å²) in [5.41, 5.74) is 4.42.